The van der Waals surface area contributed by atoms with Gasteiger partial charge in [0.05, 0.1) is 13.2 Å². The molecular weight excluding hydrogens is 428 g/mol. The molecule has 0 aromatic heterocycles. The first-order chi connectivity index (χ1) is 16.2. The van der Waals surface area contributed by atoms with Gasteiger partial charge in [-0.3, -0.25) is 9.59 Å². The monoisotopic (exact) mass is 468 g/mol. The van der Waals surface area contributed by atoms with Gasteiger partial charge in [-0.2, -0.15) is 0 Å². The molecule has 0 aliphatic carbocycles. The average Bonchev–Trinajstić information content (AvgIpc) is 2.78. The van der Waals surface area contributed by atoms with Gasteiger partial charge in [0.2, 0.25) is 11.8 Å². The van der Waals surface area contributed by atoms with Crippen LogP contribution in [0, 0.1) is 0 Å². The molecule has 0 heterocycles. The second kappa shape index (κ2) is 13.0. The summed E-state index contributed by atoms with van der Waals surface area (Å²) >= 11 is 0. The van der Waals surface area contributed by atoms with Crippen molar-refractivity contribution in [1.82, 2.24) is 10.2 Å². The lowest BCUT2D eigenvalue weighted by Crippen LogP contribution is -2.53. The molecule has 2 aromatic carbocycles. The van der Waals surface area contributed by atoms with Crippen LogP contribution in [-0.2, 0) is 22.6 Å². The van der Waals surface area contributed by atoms with Crippen LogP contribution >= 0.6 is 0 Å². The van der Waals surface area contributed by atoms with E-state index in [-0.39, 0.29) is 17.4 Å². The summed E-state index contributed by atoms with van der Waals surface area (Å²) in [4.78, 5) is 28.3. The summed E-state index contributed by atoms with van der Waals surface area (Å²) in [7, 11) is 0. The van der Waals surface area contributed by atoms with Crippen LogP contribution in [-0.4, -0.2) is 41.5 Å². The summed E-state index contributed by atoms with van der Waals surface area (Å²) < 4.78 is 11.4. The van der Waals surface area contributed by atoms with Crippen LogP contribution in [0.25, 0.3) is 0 Å². The van der Waals surface area contributed by atoms with Crippen LogP contribution in [0.15, 0.2) is 48.5 Å². The summed E-state index contributed by atoms with van der Waals surface area (Å²) in [6.07, 6.45) is 1.39. The first kappa shape index (κ1) is 27.2. The fourth-order valence-electron chi connectivity index (χ4n) is 3.80. The molecule has 186 valence electrons. The number of nitrogens with zero attached hydrogens (tertiary/aromatic N) is 1. The third kappa shape index (κ3) is 8.40. The third-order valence-electron chi connectivity index (χ3n) is 5.32. The summed E-state index contributed by atoms with van der Waals surface area (Å²) in [5.74, 6) is 1.21. The van der Waals surface area contributed by atoms with Crippen LogP contribution in [0.2, 0.25) is 0 Å². The Morgan fingerprint density at radius 3 is 2.15 bits per heavy atom. The zero-order valence-corrected chi connectivity index (χ0v) is 21.5. The standard InChI is InChI=1S/C28H40N2O4/c1-7-23(27(32)29-28(4,5)6)30(20-22-13-11-10-12-14-22)26(31)18-16-21-15-17-24(33-8-2)25(19-21)34-9-3/h10-15,17,19,23H,7-9,16,18,20H2,1-6H3,(H,29,32)/t23-/m1/s1. The van der Waals surface area contributed by atoms with E-state index in [2.05, 4.69) is 5.32 Å². The Balaban J connectivity index is 2.22. The molecule has 34 heavy (non-hydrogen) atoms. The van der Waals surface area contributed by atoms with Gasteiger partial charge in [-0.05, 0) is 70.7 Å². The van der Waals surface area contributed by atoms with Crippen molar-refractivity contribution in [1.29, 1.82) is 0 Å². The maximum Gasteiger partial charge on any atom is 0.243 e. The van der Waals surface area contributed by atoms with Gasteiger partial charge in [0.1, 0.15) is 6.04 Å². The van der Waals surface area contributed by atoms with E-state index in [0.717, 1.165) is 11.1 Å². The molecule has 0 spiro atoms. The van der Waals surface area contributed by atoms with Crippen LogP contribution in [0.3, 0.4) is 0 Å². The van der Waals surface area contributed by atoms with Crippen molar-refractivity contribution in [2.24, 2.45) is 0 Å². The minimum Gasteiger partial charge on any atom is -0.490 e. The van der Waals surface area contributed by atoms with Crippen molar-refractivity contribution >= 4 is 11.8 Å². The Hall–Kier alpha value is -3.02. The number of benzene rings is 2. The van der Waals surface area contributed by atoms with Gasteiger partial charge in [0.25, 0.3) is 0 Å². The predicted octanol–water partition coefficient (Wildman–Crippen LogP) is 5.14. The first-order valence-corrected chi connectivity index (χ1v) is 12.2. The SMILES string of the molecule is CCOc1ccc(CCC(=O)N(Cc2ccccc2)[C@H](CC)C(=O)NC(C)(C)C)cc1OCC. The maximum atomic E-state index is 13.5. The molecule has 0 aliphatic heterocycles. The number of aryl methyl sites for hydroxylation is 1. The molecule has 2 amide bonds. The molecule has 2 aromatic rings. The normalized spacial score (nSPS) is 12.1. The van der Waals surface area contributed by atoms with Crippen molar-refractivity contribution < 1.29 is 19.1 Å². The van der Waals surface area contributed by atoms with E-state index in [4.69, 9.17) is 9.47 Å². The lowest BCUT2D eigenvalue weighted by molar-refractivity contribution is -0.142. The highest BCUT2D eigenvalue weighted by molar-refractivity contribution is 5.88. The number of hydrogen-bond donors (Lipinski definition) is 1. The Labute approximate surface area is 204 Å². The molecule has 2 rings (SSSR count). The van der Waals surface area contributed by atoms with Gasteiger partial charge in [0, 0.05) is 18.5 Å². The molecule has 1 N–H and O–H groups in total. The van der Waals surface area contributed by atoms with E-state index in [1.165, 1.54) is 0 Å². The number of ether oxygens (including phenoxy) is 2. The van der Waals surface area contributed by atoms with Crippen LogP contribution < -0.4 is 14.8 Å². The van der Waals surface area contributed by atoms with Gasteiger partial charge in [-0.25, -0.2) is 0 Å². The highest BCUT2D eigenvalue weighted by Crippen LogP contribution is 2.29. The number of rotatable bonds is 12. The third-order valence-corrected chi connectivity index (χ3v) is 5.32. The minimum atomic E-state index is -0.536. The highest BCUT2D eigenvalue weighted by atomic mass is 16.5. The zero-order valence-electron chi connectivity index (χ0n) is 21.5. The van der Waals surface area contributed by atoms with E-state index in [0.29, 0.717) is 50.5 Å². The molecular formula is C28H40N2O4. The smallest absolute Gasteiger partial charge is 0.243 e. The van der Waals surface area contributed by atoms with E-state index >= 15 is 0 Å². The van der Waals surface area contributed by atoms with Crippen molar-refractivity contribution in [3.8, 4) is 11.5 Å². The van der Waals surface area contributed by atoms with Crippen LogP contribution in [0.5, 0.6) is 11.5 Å². The van der Waals surface area contributed by atoms with Crippen molar-refractivity contribution in [2.45, 2.75) is 78.9 Å². The van der Waals surface area contributed by atoms with Crippen LogP contribution in [0.4, 0.5) is 0 Å². The molecule has 0 unspecified atom stereocenters. The van der Waals surface area contributed by atoms with E-state index in [1.807, 2.05) is 90.1 Å². The highest BCUT2D eigenvalue weighted by Gasteiger charge is 2.30. The molecule has 0 saturated heterocycles. The molecule has 1 atom stereocenters. The van der Waals surface area contributed by atoms with E-state index in [9.17, 15) is 9.59 Å². The van der Waals surface area contributed by atoms with Gasteiger partial charge in [-0.1, -0.05) is 43.3 Å². The summed E-state index contributed by atoms with van der Waals surface area (Å²) in [6.45, 7) is 13.1. The number of carbonyl (C=O) groups is 2. The van der Waals surface area contributed by atoms with E-state index < -0.39 is 6.04 Å². The molecule has 0 aliphatic rings. The van der Waals surface area contributed by atoms with Gasteiger partial charge < -0.3 is 19.7 Å². The quantitative estimate of drug-likeness (QED) is 0.468. The van der Waals surface area contributed by atoms with Crippen molar-refractivity contribution in [2.75, 3.05) is 13.2 Å². The molecule has 0 fully saturated rings. The number of amides is 2. The topological polar surface area (TPSA) is 67.9 Å². The number of nitrogens with one attached hydrogen (secondary N) is 1. The predicted molar refractivity (Wildman–Crippen MR) is 136 cm³/mol. The molecule has 6 nitrogen and oxygen atoms in total. The average molecular weight is 469 g/mol. The molecule has 6 heteroatoms. The largest absolute Gasteiger partial charge is 0.490 e. The first-order valence-electron chi connectivity index (χ1n) is 12.2. The Morgan fingerprint density at radius 1 is 0.912 bits per heavy atom. The zero-order chi connectivity index (χ0) is 25.1. The Morgan fingerprint density at radius 2 is 1.56 bits per heavy atom. The molecule has 0 radical (unpaired) electrons. The van der Waals surface area contributed by atoms with Crippen LogP contribution in [0.1, 0.15) is 65.5 Å². The Bertz CT molecular complexity index is 922. The maximum absolute atomic E-state index is 13.5. The van der Waals surface area contributed by atoms with Crippen molar-refractivity contribution in [3.63, 3.8) is 0 Å². The lowest BCUT2D eigenvalue weighted by Gasteiger charge is -2.33. The number of carbonyl (C=O) groups excluding carboxylic acids is 2. The van der Waals surface area contributed by atoms with E-state index in [1.54, 1.807) is 4.90 Å². The summed E-state index contributed by atoms with van der Waals surface area (Å²) in [5, 5.41) is 3.04. The molecule has 0 bridgehead atoms. The molecule has 0 saturated carbocycles. The summed E-state index contributed by atoms with van der Waals surface area (Å²) in [5.41, 5.74) is 1.62. The van der Waals surface area contributed by atoms with Crippen molar-refractivity contribution in [3.05, 3.63) is 59.7 Å². The Kier molecular flexibility index (Phi) is 10.4. The number of hydrogen-bond acceptors (Lipinski definition) is 4. The van der Waals surface area contributed by atoms with Gasteiger partial charge in [-0.15, -0.1) is 0 Å². The lowest BCUT2D eigenvalue weighted by atomic mass is 10.0. The van der Waals surface area contributed by atoms with Gasteiger partial charge in [0.15, 0.2) is 11.5 Å². The van der Waals surface area contributed by atoms with Gasteiger partial charge >= 0.3 is 0 Å². The second-order valence-electron chi connectivity index (χ2n) is 9.32. The second-order valence-corrected chi connectivity index (χ2v) is 9.32. The minimum absolute atomic E-state index is 0.0494. The fraction of sp³-hybridized carbons (Fsp3) is 0.500. The fourth-order valence-corrected chi connectivity index (χ4v) is 3.80. The summed E-state index contributed by atoms with van der Waals surface area (Å²) in [6, 6.07) is 15.1.